The average molecular weight is 471 g/mol. The van der Waals surface area contributed by atoms with E-state index in [-0.39, 0.29) is 22.9 Å². The fourth-order valence-electron chi connectivity index (χ4n) is 3.55. The molecule has 0 saturated heterocycles. The molecule has 0 amide bonds. The molecule has 0 fully saturated rings. The lowest BCUT2D eigenvalue weighted by Gasteiger charge is -2.35. The van der Waals surface area contributed by atoms with Gasteiger partial charge in [-0.15, -0.1) is 0 Å². The quantitative estimate of drug-likeness (QED) is 0.205. The molecule has 196 valence electrons. The predicted molar refractivity (Wildman–Crippen MR) is 137 cm³/mol. The van der Waals surface area contributed by atoms with Crippen LogP contribution in [0, 0.1) is 11.3 Å². The van der Waals surface area contributed by atoms with E-state index in [4.69, 9.17) is 9.47 Å². The van der Waals surface area contributed by atoms with E-state index in [0.717, 1.165) is 58.2 Å². The van der Waals surface area contributed by atoms with Gasteiger partial charge >= 0.3 is 11.9 Å². The number of carbonyl (C=O) groups excluding carboxylic acids is 2. The van der Waals surface area contributed by atoms with Crippen LogP contribution in [-0.2, 0) is 19.1 Å². The zero-order chi connectivity index (χ0) is 25.5. The van der Waals surface area contributed by atoms with Crippen LogP contribution in [0.4, 0.5) is 0 Å². The first-order valence-corrected chi connectivity index (χ1v) is 13.0. The summed E-state index contributed by atoms with van der Waals surface area (Å²) >= 11 is 0. The molecule has 0 aromatic rings. The van der Waals surface area contributed by atoms with Crippen LogP contribution in [0.5, 0.6) is 0 Å². The topological polar surface area (TPSA) is 59.1 Å². The largest absolute Gasteiger partial charge is 0.466 e. The van der Waals surface area contributed by atoms with Crippen molar-refractivity contribution < 1.29 is 19.1 Å². The summed E-state index contributed by atoms with van der Waals surface area (Å²) in [6.07, 6.45) is 6.66. The van der Waals surface area contributed by atoms with Gasteiger partial charge in [0.15, 0.2) is 0 Å². The lowest BCUT2D eigenvalue weighted by atomic mass is 9.91. The summed E-state index contributed by atoms with van der Waals surface area (Å²) in [5, 5.41) is 0. The number of carbonyl (C=O) groups is 2. The molecule has 33 heavy (non-hydrogen) atoms. The zero-order valence-electron chi connectivity index (χ0n) is 23.3. The molecule has 1 atom stereocenters. The van der Waals surface area contributed by atoms with Gasteiger partial charge in [-0.2, -0.15) is 0 Å². The Morgan fingerprint density at radius 1 is 0.818 bits per heavy atom. The van der Waals surface area contributed by atoms with Gasteiger partial charge in [0, 0.05) is 18.5 Å². The average Bonchev–Trinajstić information content (AvgIpc) is 2.69. The second kappa shape index (κ2) is 16.5. The van der Waals surface area contributed by atoms with Crippen molar-refractivity contribution >= 4 is 11.9 Å². The Hall–Kier alpha value is -1.14. The summed E-state index contributed by atoms with van der Waals surface area (Å²) in [7, 11) is 4.17. The normalized spacial score (nSPS) is 13.4. The summed E-state index contributed by atoms with van der Waals surface area (Å²) in [6, 6.07) is 0. The maximum Gasteiger partial charge on any atom is 0.307 e. The fraction of sp³-hybridized carbons (Fsp3) is 0.926. The summed E-state index contributed by atoms with van der Waals surface area (Å²) in [4.78, 5) is 28.7. The Kier molecular flexibility index (Phi) is 15.9. The van der Waals surface area contributed by atoms with Crippen molar-refractivity contribution in [3.05, 3.63) is 0 Å². The van der Waals surface area contributed by atoms with E-state index in [0.29, 0.717) is 32.0 Å². The molecule has 0 rings (SSSR count). The first-order valence-electron chi connectivity index (χ1n) is 13.0. The minimum atomic E-state index is -0.114. The summed E-state index contributed by atoms with van der Waals surface area (Å²) in [5.41, 5.74) is 0.190. The van der Waals surface area contributed by atoms with Crippen LogP contribution in [0.1, 0.15) is 99.8 Å². The van der Waals surface area contributed by atoms with E-state index in [9.17, 15) is 9.59 Å². The van der Waals surface area contributed by atoms with Crippen molar-refractivity contribution in [2.45, 2.75) is 105 Å². The SMILES string of the molecule is CCC(CCCCOC(=O)CCN(CCCN(C)C)C(C)(C)C)COC(=O)CCC(C)(C)C. The van der Waals surface area contributed by atoms with Gasteiger partial charge in [0.05, 0.1) is 19.6 Å². The third-order valence-electron chi connectivity index (χ3n) is 5.97. The van der Waals surface area contributed by atoms with Gasteiger partial charge in [-0.25, -0.2) is 0 Å². The lowest BCUT2D eigenvalue weighted by molar-refractivity contribution is -0.146. The molecule has 0 aliphatic rings. The molecular formula is C27H54N2O4. The van der Waals surface area contributed by atoms with Crippen LogP contribution < -0.4 is 0 Å². The predicted octanol–water partition coefficient (Wildman–Crippen LogP) is 5.54. The van der Waals surface area contributed by atoms with Crippen molar-refractivity contribution in [3.8, 4) is 0 Å². The van der Waals surface area contributed by atoms with Crippen molar-refractivity contribution in [1.82, 2.24) is 9.80 Å². The Labute approximate surface area is 204 Å². The Morgan fingerprint density at radius 3 is 2.00 bits per heavy atom. The number of ether oxygens (including phenoxy) is 2. The van der Waals surface area contributed by atoms with Crippen LogP contribution >= 0.6 is 0 Å². The second-order valence-electron chi connectivity index (χ2n) is 11.8. The van der Waals surface area contributed by atoms with E-state index >= 15 is 0 Å². The molecule has 0 aliphatic carbocycles. The monoisotopic (exact) mass is 470 g/mol. The van der Waals surface area contributed by atoms with E-state index in [1.165, 1.54) is 0 Å². The number of unbranched alkanes of at least 4 members (excludes halogenated alkanes) is 1. The molecular weight excluding hydrogens is 416 g/mol. The van der Waals surface area contributed by atoms with Crippen molar-refractivity contribution in [3.63, 3.8) is 0 Å². The van der Waals surface area contributed by atoms with Gasteiger partial charge in [0.1, 0.15) is 0 Å². The van der Waals surface area contributed by atoms with Crippen molar-refractivity contribution in [2.75, 3.05) is 46.9 Å². The fourth-order valence-corrected chi connectivity index (χ4v) is 3.55. The van der Waals surface area contributed by atoms with E-state index in [1.807, 2.05) is 0 Å². The third-order valence-corrected chi connectivity index (χ3v) is 5.97. The number of hydrogen-bond donors (Lipinski definition) is 0. The van der Waals surface area contributed by atoms with Crippen LogP contribution in [0.2, 0.25) is 0 Å². The van der Waals surface area contributed by atoms with Gasteiger partial charge < -0.3 is 14.4 Å². The summed E-state index contributed by atoms with van der Waals surface area (Å²) in [5.74, 6) is 0.168. The molecule has 0 radical (unpaired) electrons. The highest BCUT2D eigenvalue weighted by Gasteiger charge is 2.22. The lowest BCUT2D eigenvalue weighted by Crippen LogP contribution is -2.43. The smallest absolute Gasteiger partial charge is 0.307 e. The van der Waals surface area contributed by atoms with Crippen molar-refractivity contribution in [2.24, 2.45) is 11.3 Å². The van der Waals surface area contributed by atoms with Gasteiger partial charge in [-0.05, 0) is 91.4 Å². The third kappa shape index (κ3) is 18.9. The van der Waals surface area contributed by atoms with Crippen molar-refractivity contribution in [1.29, 1.82) is 0 Å². The summed E-state index contributed by atoms with van der Waals surface area (Å²) < 4.78 is 10.9. The van der Waals surface area contributed by atoms with Crippen LogP contribution in [0.15, 0.2) is 0 Å². The highest BCUT2D eigenvalue weighted by atomic mass is 16.5. The molecule has 1 unspecified atom stereocenters. The highest BCUT2D eigenvalue weighted by molar-refractivity contribution is 5.69. The first kappa shape index (κ1) is 31.9. The summed E-state index contributed by atoms with van der Waals surface area (Å²) in [6.45, 7) is 18.8. The Morgan fingerprint density at radius 2 is 1.45 bits per heavy atom. The second-order valence-corrected chi connectivity index (χ2v) is 11.8. The maximum absolute atomic E-state index is 12.2. The van der Waals surface area contributed by atoms with E-state index in [1.54, 1.807) is 0 Å². The van der Waals surface area contributed by atoms with Gasteiger partial charge in [-0.3, -0.25) is 14.5 Å². The molecule has 0 spiro atoms. The molecule has 0 heterocycles. The Balaban J connectivity index is 4.05. The zero-order valence-corrected chi connectivity index (χ0v) is 23.3. The number of esters is 2. The molecule has 6 heteroatoms. The van der Waals surface area contributed by atoms with E-state index < -0.39 is 0 Å². The molecule has 0 N–H and O–H groups in total. The van der Waals surface area contributed by atoms with Crippen LogP contribution in [-0.4, -0.2) is 74.2 Å². The van der Waals surface area contributed by atoms with Crippen LogP contribution in [0.25, 0.3) is 0 Å². The molecule has 6 nitrogen and oxygen atoms in total. The highest BCUT2D eigenvalue weighted by Crippen LogP contribution is 2.21. The van der Waals surface area contributed by atoms with Gasteiger partial charge in [-0.1, -0.05) is 34.1 Å². The minimum Gasteiger partial charge on any atom is -0.466 e. The molecule has 0 saturated carbocycles. The molecule has 0 bridgehead atoms. The Bertz CT molecular complexity index is 535. The van der Waals surface area contributed by atoms with Crippen LogP contribution in [0.3, 0.4) is 0 Å². The maximum atomic E-state index is 12.2. The number of rotatable bonds is 17. The number of hydrogen-bond acceptors (Lipinski definition) is 6. The van der Waals surface area contributed by atoms with E-state index in [2.05, 4.69) is 72.4 Å². The molecule has 0 aromatic heterocycles. The molecule has 0 aromatic carbocycles. The van der Waals surface area contributed by atoms with Gasteiger partial charge in [0.2, 0.25) is 0 Å². The first-order chi connectivity index (χ1) is 15.2. The standard InChI is InChI=1S/C27H54N2O4/c1-10-23(22-33-24(30)15-17-26(2,3)4)14-11-12-21-32-25(31)16-20-29(27(5,6)7)19-13-18-28(8)9/h23H,10-22H2,1-9H3. The minimum absolute atomic E-state index is 0.0396. The molecule has 0 aliphatic heterocycles. The number of nitrogens with zero attached hydrogens (tertiary/aromatic N) is 2. The van der Waals surface area contributed by atoms with Gasteiger partial charge in [0.25, 0.3) is 0 Å².